The number of halogens is 2. The van der Waals surface area contributed by atoms with E-state index in [1.165, 1.54) is 44.2 Å². The molecule has 0 saturated carbocycles. The normalized spacial score (nSPS) is 14.4. The third-order valence-corrected chi connectivity index (χ3v) is 5.28. The van der Waals surface area contributed by atoms with Crippen LogP contribution in [-0.4, -0.2) is 5.43 Å². The summed E-state index contributed by atoms with van der Waals surface area (Å²) in [6, 6.07) is 21.6. The first-order valence-electron chi connectivity index (χ1n) is 10.2. The molecule has 0 aliphatic heterocycles. The Balaban J connectivity index is 0.000000516. The topological polar surface area (TPSA) is 0 Å². The van der Waals surface area contributed by atoms with Crippen molar-refractivity contribution < 1.29 is 23.3 Å². The maximum Gasteiger partial charge on any atom is -0.0398 e. The summed E-state index contributed by atoms with van der Waals surface area (Å²) >= 11 is 1.74. The first-order chi connectivity index (χ1) is 13.7. The van der Waals surface area contributed by atoms with Crippen LogP contribution in [0.2, 0.25) is 13.1 Å². The number of rotatable bonds is 1. The van der Waals surface area contributed by atoms with Crippen LogP contribution >= 0.6 is 24.8 Å². The molecule has 3 aromatic carbocycles. The molecule has 0 fully saturated rings. The standard InChI is InChI=1S/C16H13.C9H13.C2H6Si.2ClH.Zr/c1-12-6-8-14(9-7-12)16-11-10-13-4-2-3-5-15(13)16;1-6-5-7(2)9(4)8(6)3;1-3-2;;;/h2-11H,1H3;6H,1-4H3;1-2H3;2*1H;/q2*-1;;;;+2. The van der Waals surface area contributed by atoms with E-state index in [0.717, 1.165) is 0 Å². The van der Waals surface area contributed by atoms with Crippen molar-refractivity contribution in [1.82, 2.24) is 0 Å². The van der Waals surface area contributed by atoms with Crippen LogP contribution in [0.15, 0.2) is 77.4 Å². The average Bonchev–Trinajstić information content (AvgIpc) is 3.20. The minimum absolute atomic E-state index is 0. The van der Waals surface area contributed by atoms with Crippen molar-refractivity contribution in [3.8, 4) is 11.1 Å². The Morgan fingerprint density at radius 1 is 0.903 bits per heavy atom. The number of allylic oxidation sites excluding steroid dienone is 4. The van der Waals surface area contributed by atoms with Crippen LogP contribution in [-0.2, 0) is 23.3 Å². The molecule has 0 bridgehead atoms. The van der Waals surface area contributed by atoms with Gasteiger partial charge in [-0.3, -0.25) is 6.08 Å². The zero-order valence-corrected chi connectivity index (χ0v) is 24.8. The molecule has 1 aliphatic carbocycles. The third kappa shape index (κ3) is 8.93. The molecule has 4 heteroatoms. The summed E-state index contributed by atoms with van der Waals surface area (Å²) in [7, 11) is 0. The van der Waals surface area contributed by atoms with E-state index in [4.69, 9.17) is 0 Å². The molecule has 31 heavy (non-hydrogen) atoms. The largest absolute Gasteiger partial charge is 0.150 e. The van der Waals surface area contributed by atoms with Crippen LogP contribution in [0.4, 0.5) is 0 Å². The fraction of sp³-hybridized carbons (Fsp3) is 0.296. The maximum atomic E-state index is 3.36. The van der Waals surface area contributed by atoms with Crippen molar-refractivity contribution in [2.24, 2.45) is 5.92 Å². The molecule has 0 aromatic heterocycles. The number of hydrogen-bond acceptors (Lipinski definition) is 0. The molecule has 164 valence electrons. The van der Waals surface area contributed by atoms with Gasteiger partial charge in [-0.15, -0.1) is 78.4 Å². The second kappa shape index (κ2) is 14.4. The molecule has 1 unspecified atom stereocenters. The predicted molar refractivity (Wildman–Crippen MR) is 142 cm³/mol. The molecule has 0 amide bonds. The first kappa shape index (κ1) is 30.2. The van der Waals surface area contributed by atoms with Gasteiger partial charge in [0.15, 0.2) is 0 Å². The van der Waals surface area contributed by atoms with Crippen molar-refractivity contribution in [3.05, 3.63) is 89.0 Å². The molecule has 4 rings (SSSR count). The van der Waals surface area contributed by atoms with Crippen LogP contribution in [0.25, 0.3) is 21.9 Å². The minimum atomic E-state index is 0. The average molecular weight is 549 g/mol. The van der Waals surface area contributed by atoms with E-state index in [1.54, 1.807) is 23.3 Å². The van der Waals surface area contributed by atoms with E-state index in [9.17, 15) is 0 Å². The van der Waals surface area contributed by atoms with Gasteiger partial charge in [0.25, 0.3) is 0 Å². The van der Waals surface area contributed by atoms with Gasteiger partial charge in [0.2, 0.25) is 0 Å². The molecule has 0 saturated heterocycles. The van der Waals surface area contributed by atoms with Crippen LogP contribution < -0.4 is 0 Å². The molecule has 0 nitrogen and oxygen atoms in total. The molecule has 0 radical (unpaired) electrons. The van der Waals surface area contributed by atoms with Crippen molar-refractivity contribution >= 4 is 41.0 Å². The van der Waals surface area contributed by atoms with E-state index in [2.05, 4.69) is 114 Å². The van der Waals surface area contributed by atoms with Crippen LogP contribution in [0.5, 0.6) is 0 Å². The predicted octanol–water partition coefficient (Wildman–Crippen LogP) is 8.88. The van der Waals surface area contributed by atoms with Crippen molar-refractivity contribution in [3.63, 3.8) is 0 Å². The zero-order chi connectivity index (χ0) is 21.6. The second-order valence-electron chi connectivity index (χ2n) is 8.00. The Morgan fingerprint density at radius 2 is 1.45 bits per heavy atom. The number of benzene rings is 2. The van der Waals surface area contributed by atoms with Crippen LogP contribution in [0.3, 0.4) is 0 Å². The van der Waals surface area contributed by atoms with E-state index in [1.807, 2.05) is 0 Å². The monoisotopic (exact) mass is 546 g/mol. The van der Waals surface area contributed by atoms with Crippen molar-refractivity contribution in [2.45, 2.75) is 47.7 Å². The fourth-order valence-electron chi connectivity index (χ4n) is 3.30. The SMILES string of the molecule is CC1=[C-]C(C)C(C)=C1C.C[Si](C)=[Zr+2].Cc1ccc(-c2c[cH-]c3ccccc23)cc1.Cl.Cl. The van der Waals surface area contributed by atoms with Gasteiger partial charge in [0, 0.05) is 0 Å². The van der Waals surface area contributed by atoms with Crippen molar-refractivity contribution in [2.75, 3.05) is 0 Å². The maximum absolute atomic E-state index is 3.36. The molecule has 0 heterocycles. The Labute approximate surface area is 216 Å². The third-order valence-electron chi connectivity index (χ3n) is 5.28. The fourth-order valence-corrected chi connectivity index (χ4v) is 3.30. The van der Waals surface area contributed by atoms with Crippen molar-refractivity contribution in [1.29, 1.82) is 0 Å². The Hall–Kier alpha value is -0.790. The van der Waals surface area contributed by atoms with Gasteiger partial charge in [-0.2, -0.15) is 11.1 Å². The Morgan fingerprint density at radius 3 is 1.90 bits per heavy atom. The summed E-state index contributed by atoms with van der Waals surface area (Å²) in [6.45, 7) is 15.4. The van der Waals surface area contributed by atoms with Gasteiger partial charge in [-0.25, -0.2) is 5.57 Å². The number of aryl methyl sites for hydroxylation is 1. The molecule has 0 N–H and O–H groups in total. The molecular formula is C27H34Cl2SiZr. The summed E-state index contributed by atoms with van der Waals surface area (Å²) < 4.78 is 0. The number of fused-ring (bicyclic) bond motifs is 1. The van der Waals surface area contributed by atoms with E-state index >= 15 is 0 Å². The van der Waals surface area contributed by atoms with E-state index < -0.39 is 0 Å². The zero-order valence-electron chi connectivity index (χ0n) is 19.7. The second-order valence-corrected chi connectivity index (χ2v) is 17.4. The summed E-state index contributed by atoms with van der Waals surface area (Å²) in [5.41, 5.74) is 8.39. The quantitative estimate of drug-likeness (QED) is 0.210. The molecular weight excluding hydrogens is 515 g/mol. The number of hydrogen-bond donors (Lipinski definition) is 0. The van der Waals surface area contributed by atoms with Gasteiger partial charge < -0.3 is 0 Å². The van der Waals surface area contributed by atoms with Gasteiger partial charge in [-0.1, -0.05) is 68.1 Å². The smallest absolute Gasteiger partial charge is 0.0398 e. The summed E-state index contributed by atoms with van der Waals surface area (Å²) in [5.74, 6) is 0.560. The van der Waals surface area contributed by atoms with Crippen LogP contribution in [0, 0.1) is 18.9 Å². The minimum Gasteiger partial charge on any atom is -0.150 e. The summed E-state index contributed by atoms with van der Waals surface area (Å²) in [4.78, 5) is 0. The van der Waals surface area contributed by atoms with Crippen LogP contribution in [0.1, 0.15) is 33.3 Å². The van der Waals surface area contributed by atoms with E-state index in [0.29, 0.717) is 5.92 Å². The molecule has 1 atom stereocenters. The van der Waals surface area contributed by atoms with Gasteiger partial charge in [0.1, 0.15) is 0 Å². The Kier molecular flexibility index (Phi) is 14.0. The molecule has 0 spiro atoms. The Bertz CT molecular complexity index is 1040. The molecule has 1 aliphatic rings. The van der Waals surface area contributed by atoms with Gasteiger partial charge in [-0.05, 0) is 6.92 Å². The molecule has 3 aromatic rings. The van der Waals surface area contributed by atoms with Gasteiger partial charge in [0.05, 0.1) is 0 Å². The summed E-state index contributed by atoms with van der Waals surface area (Å²) in [6.07, 6.45) is 3.36. The summed E-state index contributed by atoms with van der Waals surface area (Å²) in [5, 5.41) is 2.66. The van der Waals surface area contributed by atoms with Gasteiger partial charge >= 0.3 is 41.9 Å². The first-order valence-corrected chi connectivity index (χ1v) is 16.4. The van der Waals surface area contributed by atoms with E-state index in [-0.39, 0.29) is 30.2 Å².